The largest absolute Gasteiger partial charge is 0.508 e. The zero-order chi connectivity index (χ0) is 13.9. The Balaban J connectivity index is 2.03. The third-order valence-corrected chi connectivity index (χ3v) is 3.40. The number of phenols is 1. The molecule has 0 unspecified atom stereocenters. The first-order chi connectivity index (χ1) is 9.76. The van der Waals surface area contributed by atoms with Crippen LogP contribution in [-0.4, -0.2) is 10.1 Å². The van der Waals surface area contributed by atoms with Gasteiger partial charge in [0.1, 0.15) is 11.6 Å². The summed E-state index contributed by atoms with van der Waals surface area (Å²) < 4.78 is 0. The minimum Gasteiger partial charge on any atom is -0.508 e. The molecule has 1 aromatic heterocycles. The zero-order valence-electron chi connectivity index (χ0n) is 10.7. The van der Waals surface area contributed by atoms with Crippen molar-refractivity contribution in [3.8, 4) is 5.75 Å². The van der Waals surface area contributed by atoms with E-state index in [2.05, 4.69) is 10.3 Å². The summed E-state index contributed by atoms with van der Waals surface area (Å²) in [5.41, 5.74) is 1.96. The van der Waals surface area contributed by atoms with Crippen molar-refractivity contribution in [3.63, 3.8) is 0 Å². The lowest BCUT2D eigenvalue weighted by molar-refractivity contribution is 0.476. The third kappa shape index (κ3) is 2.53. The van der Waals surface area contributed by atoms with E-state index < -0.39 is 0 Å². The lowest BCUT2D eigenvalue weighted by Gasteiger charge is -2.10. The highest BCUT2D eigenvalue weighted by Crippen LogP contribution is 2.27. The number of phenolic OH excluding ortho intramolecular Hbond substituents is 1. The molecule has 3 aromatic rings. The Kier molecular flexibility index (Phi) is 3.44. The predicted molar refractivity (Wildman–Crippen MR) is 82.7 cm³/mol. The Morgan fingerprint density at radius 2 is 2.00 bits per heavy atom. The molecular weight excluding hydrogens is 272 g/mol. The van der Waals surface area contributed by atoms with Crippen LogP contribution in [-0.2, 0) is 5.88 Å². The fourth-order valence-electron chi connectivity index (χ4n) is 2.12. The molecule has 0 aliphatic rings. The van der Waals surface area contributed by atoms with Crippen LogP contribution in [0.5, 0.6) is 5.75 Å². The van der Waals surface area contributed by atoms with Crippen LogP contribution in [0.3, 0.4) is 0 Å². The highest BCUT2D eigenvalue weighted by Gasteiger charge is 2.04. The first kappa shape index (κ1) is 12.8. The highest BCUT2D eigenvalue weighted by molar-refractivity contribution is 6.17. The van der Waals surface area contributed by atoms with Gasteiger partial charge in [-0.05, 0) is 41.3 Å². The number of alkyl halides is 1. The number of anilines is 2. The maximum Gasteiger partial charge on any atom is 0.138 e. The van der Waals surface area contributed by atoms with Gasteiger partial charge in [-0.15, -0.1) is 11.6 Å². The smallest absolute Gasteiger partial charge is 0.138 e. The van der Waals surface area contributed by atoms with Gasteiger partial charge >= 0.3 is 0 Å². The van der Waals surface area contributed by atoms with Gasteiger partial charge in [0.2, 0.25) is 0 Å². The highest BCUT2D eigenvalue weighted by atomic mass is 35.5. The number of benzene rings is 2. The van der Waals surface area contributed by atoms with Crippen LogP contribution in [0.1, 0.15) is 5.56 Å². The molecular formula is C16H13ClN2O. The molecule has 0 saturated carbocycles. The third-order valence-electron chi connectivity index (χ3n) is 3.09. The molecule has 0 fully saturated rings. The van der Waals surface area contributed by atoms with Crippen molar-refractivity contribution in [1.29, 1.82) is 0 Å². The summed E-state index contributed by atoms with van der Waals surface area (Å²) >= 11 is 5.84. The van der Waals surface area contributed by atoms with E-state index in [1.165, 1.54) is 0 Å². The predicted octanol–water partition coefficient (Wildman–Crippen LogP) is 4.42. The fraction of sp³-hybridized carbons (Fsp3) is 0.0625. The van der Waals surface area contributed by atoms with Gasteiger partial charge in [-0.1, -0.05) is 18.2 Å². The van der Waals surface area contributed by atoms with E-state index in [1.807, 2.05) is 36.4 Å². The van der Waals surface area contributed by atoms with Gasteiger partial charge in [-0.3, -0.25) is 0 Å². The van der Waals surface area contributed by atoms with E-state index in [0.29, 0.717) is 11.7 Å². The van der Waals surface area contributed by atoms with Crippen LogP contribution in [0.25, 0.3) is 10.8 Å². The van der Waals surface area contributed by atoms with E-state index >= 15 is 0 Å². The molecule has 0 amide bonds. The van der Waals surface area contributed by atoms with Gasteiger partial charge in [0.05, 0.1) is 0 Å². The van der Waals surface area contributed by atoms with Crippen LogP contribution in [0.15, 0.2) is 54.7 Å². The van der Waals surface area contributed by atoms with Crippen molar-refractivity contribution in [2.45, 2.75) is 5.88 Å². The number of pyridine rings is 1. The molecule has 0 aliphatic heterocycles. The molecule has 20 heavy (non-hydrogen) atoms. The molecule has 1 heterocycles. The van der Waals surface area contributed by atoms with Crippen molar-refractivity contribution >= 4 is 33.9 Å². The molecule has 0 atom stereocenters. The van der Waals surface area contributed by atoms with Crippen molar-refractivity contribution < 1.29 is 5.11 Å². The van der Waals surface area contributed by atoms with Crippen LogP contribution in [0, 0.1) is 0 Å². The number of aromatic hydroxyl groups is 1. The first-order valence-corrected chi connectivity index (χ1v) is 6.79. The lowest BCUT2D eigenvalue weighted by Crippen LogP contribution is -1.95. The molecule has 2 N–H and O–H groups in total. The molecule has 0 aliphatic carbocycles. The molecule has 2 aromatic carbocycles. The summed E-state index contributed by atoms with van der Waals surface area (Å²) in [6, 6.07) is 15.0. The summed E-state index contributed by atoms with van der Waals surface area (Å²) in [5.74, 6) is 1.41. The lowest BCUT2D eigenvalue weighted by atomic mass is 10.1. The van der Waals surface area contributed by atoms with Gasteiger partial charge in [0.15, 0.2) is 0 Å². The number of halogens is 1. The van der Waals surface area contributed by atoms with Crippen molar-refractivity contribution in [1.82, 2.24) is 4.98 Å². The van der Waals surface area contributed by atoms with E-state index in [-0.39, 0.29) is 5.75 Å². The van der Waals surface area contributed by atoms with Crippen LogP contribution < -0.4 is 5.32 Å². The summed E-state index contributed by atoms with van der Waals surface area (Å²) in [6.45, 7) is 0. The Hall–Kier alpha value is -2.26. The number of aromatic nitrogens is 1. The second-order valence-electron chi connectivity index (χ2n) is 4.52. The molecule has 0 radical (unpaired) electrons. The van der Waals surface area contributed by atoms with E-state index in [4.69, 9.17) is 11.6 Å². The fourth-order valence-corrected chi connectivity index (χ4v) is 2.29. The van der Waals surface area contributed by atoms with Crippen LogP contribution in [0.2, 0.25) is 0 Å². The van der Waals surface area contributed by atoms with Crippen LogP contribution >= 0.6 is 11.6 Å². The standard InChI is InChI=1S/C16H13ClN2O/c17-10-11-2-1-3-13(8-11)19-16-15-9-14(20)5-4-12(15)6-7-18-16/h1-9,20H,10H2,(H,18,19). The summed E-state index contributed by atoms with van der Waals surface area (Å²) in [7, 11) is 0. The number of nitrogens with one attached hydrogen (secondary N) is 1. The van der Waals surface area contributed by atoms with Gasteiger partial charge in [0, 0.05) is 23.2 Å². The van der Waals surface area contributed by atoms with Crippen molar-refractivity contribution in [2.24, 2.45) is 0 Å². The van der Waals surface area contributed by atoms with E-state index in [1.54, 1.807) is 18.3 Å². The maximum absolute atomic E-state index is 9.63. The molecule has 3 nitrogen and oxygen atoms in total. The Bertz CT molecular complexity index is 758. The summed E-state index contributed by atoms with van der Waals surface area (Å²) in [6.07, 6.45) is 1.74. The summed E-state index contributed by atoms with van der Waals surface area (Å²) in [5, 5.41) is 14.8. The second-order valence-corrected chi connectivity index (χ2v) is 4.79. The van der Waals surface area contributed by atoms with Crippen molar-refractivity contribution in [2.75, 3.05) is 5.32 Å². The Labute approximate surface area is 121 Å². The molecule has 3 rings (SSSR count). The number of hydrogen-bond acceptors (Lipinski definition) is 3. The second kappa shape index (κ2) is 5.39. The van der Waals surface area contributed by atoms with Crippen molar-refractivity contribution in [3.05, 3.63) is 60.3 Å². The minimum absolute atomic E-state index is 0.225. The normalized spacial score (nSPS) is 10.7. The number of fused-ring (bicyclic) bond motifs is 1. The quantitative estimate of drug-likeness (QED) is 0.700. The summed E-state index contributed by atoms with van der Waals surface area (Å²) in [4.78, 5) is 4.34. The molecule has 4 heteroatoms. The topological polar surface area (TPSA) is 45.2 Å². The van der Waals surface area contributed by atoms with Gasteiger partial charge < -0.3 is 10.4 Å². The van der Waals surface area contributed by atoms with Gasteiger partial charge in [0.25, 0.3) is 0 Å². The molecule has 0 bridgehead atoms. The van der Waals surface area contributed by atoms with Crippen LogP contribution in [0.4, 0.5) is 11.5 Å². The molecule has 0 spiro atoms. The average Bonchev–Trinajstić information content (AvgIpc) is 2.48. The minimum atomic E-state index is 0.225. The number of rotatable bonds is 3. The van der Waals surface area contributed by atoms with Gasteiger partial charge in [-0.25, -0.2) is 4.98 Å². The average molecular weight is 285 g/mol. The van der Waals surface area contributed by atoms with Gasteiger partial charge in [-0.2, -0.15) is 0 Å². The number of hydrogen-bond donors (Lipinski definition) is 2. The zero-order valence-corrected chi connectivity index (χ0v) is 11.4. The van der Waals surface area contributed by atoms with E-state index in [0.717, 1.165) is 22.0 Å². The first-order valence-electron chi connectivity index (χ1n) is 6.26. The molecule has 0 saturated heterocycles. The monoisotopic (exact) mass is 284 g/mol. The SMILES string of the molecule is Oc1ccc2ccnc(Nc3cccc(CCl)c3)c2c1. The Morgan fingerprint density at radius 3 is 2.85 bits per heavy atom. The molecule has 100 valence electrons. The Morgan fingerprint density at radius 1 is 1.10 bits per heavy atom. The number of nitrogens with zero attached hydrogens (tertiary/aromatic N) is 1. The maximum atomic E-state index is 9.63. The van der Waals surface area contributed by atoms with E-state index in [9.17, 15) is 5.11 Å².